The lowest BCUT2D eigenvalue weighted by Gasteiger charge is -1.98. The molecular formula is C6H4BrNO4S. The Labute approximate surface area is 82.9 Å². The fraction of sp³-hybridized carbons (Fsp3) is 0. The van der Waals surface area contributed by atoms with Gasteiger partial charge in [-0.15, -0.1) is 8.42 Å². The maximum Gasteiger partial charge on any atom is 0.501 e. The van der Waals surface area contributed by atoms with Crippen molar-refractivity contribution in [3.63, 3.8) is 0 Å². The van der Waals surface area contributed by atoms with Crippen molar-refractivity contribution in [2.45, 2.75) is 0 Å². The molecule has 1 aliphatic rings. The molecule has 1 aliphatic heterocycles. The van der Waals surface area contributed by atoms with E-state index in [1.807, 2.05) is 0 Å². The van der Waals surface area contributed by atoms with Gasteiger partial charge in [-0.2, -0.15) is 0 Å². The van der Waals surface area contributed by atoms with Crippen LogP contribution >= 0.6 is 15.9 Å². The van der Waals surface area contributed by atoms with Crippen molar-refractivity contribution in [1.82, 2.24) is 0 Å². The third kappa shape index (κ3) is 1.33. The lowest BCUT2D eigenvalue weighted by Crippen LogP contribution is -2.08. The molecule has 0 saturated carbocycles. The maximum absolute atomic E-state index is 10.9. The normalized spacial score (nSPS) is 17.3. The summed E-state index contributed by atoms with van der Waals surface area (Å²) in [4.78, 5) is 0. The van der Waals surface area contributed by atoms with Gasteiger partial charge in [0.25, 0.3) is 0 Å². The second-order valence-electron chi connectivity index (χ2n) is 2.37. The second-order valence-corrected chi connectivity index (χ2v) is 4.37. The van der Waals surface area contributed by atoms with E-state index in [4.69, 9.17) is 5.73 Å². The summed E-state index contributed by atoms with van der Waals surface area (Å²) in [6.45, 7) is 0. The molecule has 0 radical (unpaired) electrons. The SMILES string of the molecule is Nc1ccc(Br)c2c1OS(=O)(=O)O2. The summed E-state index contributed by atoms with van der Waals surface area (Å²) in [6, 6.07) is 3.10. The third-order valence-electron chi connectivity index (χ3n) is 1.47. The van der Waals surface area contributed by atoms with Crippen LogP contribution in [-0.4, -0.2) is 8.42 Å². The topological polar surface area (TPSA) is 78.6 Å². The highest BCUT2D eigenvalue weighted by atomic mass is 79.9. The Morgan fingerprint density at radius 3 is 2.46 bits per heavy atom. The Morgan fingerprint density at radius 2 is 1.85 bits per heavy atom. The van der Waals surface area contributed by atoms with E-state index in [-0.39, 0.29) is 17.2 Å². The molecule has 0 atom stereocenters. The molecule has 70 valence electrons. The molecule has 0 fully saturated rings. The fourth-order valence-electron chi connectivity index (χ4n) is 0.939. The van der Waals surface area contributed by atoms with Crippen LogP contribution in [0.4, 0.5) is 5.69 Å². The number of nitrogen functional groups attached to an aromatic ring is 1. The monoisotopic (exact) mass is 265 g/mol. The molecule has 2 N–H and O–H groups in total. The predicted molar refractivity (Wildman–Crippen MR) is 48.7 cm³/mol. The maximum atomic E-state index is 10.9. The summed E-state index contributed by atoms with van der Waals surface area (Å²) in [5.41, 5.74) is 5.69. The molecule has 1 aromatic rings. The van der Waals surface area contributed by atoms with Crippen molar-refractivity contribution in [1.29, 1.82) is 0 Å². The highest BCUT2D eigenvalue weighted by Gasteiger charge is 2.32. The number of halogens is 1. The van der Waals surface area contributed by atoms with Gasteiger partial charge in [0.2, 0.25) is 11.5 Å². The van der Waals surface area contributed by atoms with Gasteiger partial charge in [0.1, 0.15) is 0 Å². The molecule has 0 aromatic heterocycles. The second kappa shape index (κ2) is 2.52. The Kier molecular flexibility index (Phi) is 1.67. The van der Waals surface area contributed by atoms with Gasteiger partial charge in [-0.25, -0.2) is 0 Å². The molecular weight excluding hydrogens is 262 g/mol. The molecule has 5 nitrogen and oxygen atoms in total. The molecule has 1 aromatic carbocycles. The summed E-state index contributed by atoms with van der Waals surface area (Å²) in [5, 5.41) is 0. The number of fused-ring (bicyclic) bond motifs is 1. The van der Waals surface area contributed by atoms with E-state index in [0.717, 1.165) is 0 Å². The summed E-state index contributed by atoms with van der Waals surface area (Å²) < 4.78 is 31.3. The van der Waals surface area contributed by atoms with Crippen molar-refractivity contribution in [2.24, 2.45) is 0 Å². The standard InChI is InChI=1S/C6H4BrNO4S/c7-3-1-2-4(8)6-5(3)11-13(9,10)12-6/h1-2H,8H2. The van der Waals surface area contributed by atoms with Gasteiger partial charge < -0.3 is 14.1 Å². The molecule has 13 heavy (non-hydrogen) atoms. The predicted octanol–water partition coefficient (Wildman–Crippen LogP) is 1.05. The number of rotatable bonds is 0. The van der Waals surface area contributed by atoms with Gasteiger partial charge in [-0.3, -0.25) is 0 Å². The molecule has 7 heteroatoms. The third-order valence-corrected chi connectivity index (χ3v) is 2.83. The average Bonchev–Trinajstić information content (AvgIpc) is 2.35. The minimum atomic E-state index is -3.96. The van der Waals surface area contributed by atoms with Gasteiger partial charge in [-0.1, -0.05) is 0 Å². The lowest BCUT2D eigenvalue weighted by atomic mass is 10.3. The summed E-state index contributed by atoms with van der Waals surface area (Å²) >= 11 is 3.11. The van der Waals surface area contributed by atoms with Crippen LogP contribution < -0.4 is 14.1 Å². The van der Waals surface area contributed by atoms with E-state index >= 15 is 0 Å². The van der Waals surface area contributed by atoms with Gasteiger partial charge in [0.15, 0.2) is 0 Å². The highest BCUT2D eigenvalue weighted by Crippen LogP contribution is 2.45. The van der Waals surface area contributed by atoms with Crippen LogP contribution in [0, 0.1) is 0 Å². The highest BCUT2D eigenvalue weighted by molar-refractivity contribution is 9.10. The molecule has 1 heterocycles. The van der Waals surface area contributed by atoms with Crippen molar-refractivity contribution < 1.29 is 16.8 Å². The summed E-state index contributed by atoms with van der Waals surface area (Å²) in [7, 11) is -3.96. The first-order chi connectivity index (χ1) is 5.99. The minimum Gasteiger partial charge on any atom is -0.396 e. The van der Waals surface area contributed by atoms with Crippen LogP contribution in [0.3, 0.4) is 0 Å². The quantitative estimate of drug-likeness (QED) is 0.710. The summed E-state index contributed by atoms with van der Waals surface area (Å²) in [5.74, 6) is 0.134. The summed E-state index contributed by atoms with van der Waals surface area (Å²) in [6.07, 6.45) is 0. The Hall–Kier alpha value is -0.950. The van der Waals surface area contributed by atoms with Gasteiger partial charge >= 0.3 is 10.4 Å². The first kappa shape index (κ1) is 8.64. The lowest BCUT2D eigenvalue weighted by molar-refractivity contribution is 0.436. The first-order valence-corrected chi connectivity index (χ1v) is 5.34. The molecule has 0 unspecified atom stereocenters. The van der Waals surface area contributed by atoms with Crippen molar-refractivity contribution >= 4 is 32.0 Å². The molecule has 0 aliphatic carbocycles. The first-order valence-electron chi connectivity index (χ1n) is 3.21. The van der Waals surface area contributed by atoms with Gasteiger partial charge in [-0.05, 0) is 28.1 Å². The van der Waals surface area contributed by atoms with Crippen LogP contribution in [0.5, 0.6) is 11.5 Å². The van der Waals surface area contributed by atoms with E-state index in [9.17, 15) is 8.42 Å². The Balaban J connectivity index is 2.69. The minimum absolute atomic E-state index is 0.0365. The van der Waals surface area contributed by atoms with Crippen molar-refractivity contribution in [3.8, 4) is 11.5 Å². The number of anilines is 1. The zero-order chi connectivity index (χ0) is 9.64. The molecule has 2 rings (SSSR count). The van der Waals surface area contributed by atoms with Crippen LogP contribution in [0.15, 0.2) is 16.6 Å². The zero-order valence-electron chi connectivity index (χ0n) is 6.15. The van der Waals surface area contributed by atoms with Crippen molar-refractivity contribution in [2.75, 3.05) is 5.73 Å². The number of hydrogen-bond acceptors (Lipinski definition) is 5. The average molecular weight is 266 g/mol. The van der Waals surface area contributed by atoms with Crippen molar-refractivity contribution in [3.05, 3.63) is 16.6 Å². The molecule has 0 spiro atoms. The Bertz CT molecular complexity index is 433. The number of benzene rings is 1. The van der Waals surface area contributed by atoms with Gasteiger partial charge in [0.05, 0.1) is 10.2 Å². The molecule has 0 amide bonds. The fourth-order valence-corrected chi connectivity index (χ4v) is 2.22. The van der Waals surface area contributed by atoms with E-state index in [1.54, 1.807) is 6.07 Å². The van der Waals surface area contributed by atoms with Crippen LogP contribution in [0.2, 0.25) is 0 Å². The van der Waals surface area contributed by atoms with E-state index in [2.05, 4.69) is 24.3 Å². The largest absolute Gasteiger partial charge is 0.501 e. The van der Waals surface area contributed by atoms with Crippen LogP contribution in [-0.2, 0) is 10.4 Å². The van der Waals surface area contributed by atoms with E-state index in [0.29, 0.717) is 4.47 Å². The van der Waals surface area contributed by atoms with E-state index in [1.165, 1.54) is 6.07 Å². The van der Waals surface area contributed by atoms with E-state index < -0.39 is 10.4 Å². The molecule has 0 bridgehead atoms. The van der Waals surface area contributed by atoms with Crippen LogP contribution in [0.1, 0.15) is 0 Å². The Morgan fingerprint density at radius 1 is 1.23 bits per heavy atom. The number of hydrogen-bond donors (Lipinski definition) is 1. The molecule has 0 saturated heterocycles. The number of nitrogens with two attached hydrogens (primary N) is 1. The van der Waals surface area contributed by atoms with Gasteiger partial charge in [0, 0.05) is 0 Å². The smallest absolute Gasteiger partial charge is 0.396 e. The van der Waals surface area contributed by atoms with Crippen LogP contribution in [0.25, 0.3) is 0 Å². The zero-order valence-corrected chi connectivity index (χ0v) is 8.55.